The normalized spacial score (nSPS) is 11.9. The molecule has 0 bridgehead atoms. The third-order valence-electron chi connectivity index (χ3n) is 3.80. The average molecular weight is 401 g/mol. The quantitative estimate of drug-likeness (QED) is 0.559. The summed E-state index contributed by atoms with van der Waals surface area (Å²) in [6.45, 7) is 1.92. The molecule has 25 heavy (non-hydrogen) atoms. The Labute approximate surface area is 154 Å². The van der Waals surface area contributed by atoms with Crippen molar-refractivity contribution < 1.29 is 14.1 Å². The summed E-state index contributed by atoms with van der Waals surface area (Å²) >= 11 is 3.38. The molecule has 0 spiro atoms. The van der Waals surface area contributed by atoms with Crippen LogP contribution in [0.25, 0.3) is 11.4 Å². The van der Waals surface area contributed by atoms with Gasteiger partial charge in [-0.3, -0.25) is 4.79 Å². The smallest absolute Gasteiger partial charge is 0.313 e. The number of hydrogen-bond donors (Lipinski definition) is 0. The van der Waals surface area contributed by atoms with Gasteiger partial charge in [0.2, 0.25) is 5.82 Å². The summed E-state index contributed by atoms with van der Waals surface area (Å²) in [4.78, 5) is 16.6. The largest absolute Gasteiger partial charge is 0.455 e. The first-order chi connectivity index (χ1) is 12.2. The van der Waals surface area contributed by atoms with Crippen molar-refractivity contribution in [3.63, 3.8) is 0 Å². The first-order valence-electron chi connectivity index (χ1n) is 7.97. The summed E-state index contributed by atoms with van der Waals surface area (Å²) in [7, 11) is 0. The van der Waals surface area contributed by atoms with E-state index in [0.29, 0.717) is 12.2 Å². The third-order valence-corrected chi connectivity index (χ3v) is 4.33. The highest BCUT2D eigenvalue weighted by atomic mass is 79.9. The molecule has 6 heteroatoms. The van der Waals surface area contributed by atoms with E-state index in [0.717, 1.165) is 15.6 Å². The molecule has 1 heterocycles. The molecule has 0 fully saturated rings. The van der Waals surface area contributed by atoms with Crippen LogP contribution >= 0.6 is 15.9 Å². The van der Waals surface area contributed by atoms with Crippen LogP contribution in [0.5, 0.6) is 0 Å². The second-order valence-corrected chi connectivity index (χ2v) is 6.41. The maximum Gasteiger partial charge on any atom is 0.313 e. The molecule has 0 aliphatic rings. The SMILES string of the molecule is CCC(C(=O)OCc1nc(-c2ccc(Br)cc2)no1)c1ccccc1. The number of benzene rings is 2. The zero-order chi connectivity index (χ0) is 17.6. The van der Waals surface area contributed by atoms with E-state index in [1.165, 1.54) is 0 Å². The number of hydrogen-bond acceptors (Lipinski definition) is 5. The lowest BCUT2D eigenvalue weighted by Gasteiger charge is -2.13. The predicted molar refractivity (Wildman–Crippen MR) is 96.7 cm³/mol. The second-order valence-electron chi connectivity index (χ2n) is 5.50. The number of carbonyl (C=O) groups excluding carboxylic acids is 1. The van der Waals surface area contributed by atoms with E-state index in [1.54, 1.807) is 0 Å². The Morgan fingerprint density at radius 2 is 1.88 bits per heavy atom. The third kappa shape index (κ3) is 4.33. The summed E-state index contributed by atoms with van der Waals surface area (Å²) in [6.07, 6.45) is 0.664. The number of esters is 1. The van der Waals surface area contributed by atoms with Gasteiger partial charge in [0.15, 0.2) is 6.61 Å². The zero-order valence-corrected chi connectivity index (χ0v) is 15.3. The minimum absolute atomic E-state index is 0.0360. The first kappa shape index (κ1) is 17.4. The van der Waals surface area contributed by atoms with E-state index in [4.69, 9.17) is 9.26 Å². The van der Waals surface area contributed by atoms with Crippen molar-refractivity contribution in [2.75, 3.05) is 0 Å². The van der Waals surface area contributed by atoms with Gasteiger partial charge in [-0.1, -0.05) is 58.3 Å². The van der Waals surface area contributed by atoms with Gasteiger partial charge in [0.1, 0.15) is 0 Å². The molecule has 2 aromatic carbocycles. The Bertz CT molecular complexity index is 831. The Morgan fingerprint density at radius 3 is 2.56 bits per heavy atom. The lowest BCUT2D eigenvalue weighted by Crippen LogP contribution is -2.15. The molecule has 0 saturated carbocycles. The Kier molecular flexibility index (Phi) is 5.60. The van der Waals surface area contributed by atoms with E-state index in [1.807, 2.05) is 61.5 Å². The number of rotatable bonds is 6. The molecular formula is C19H17BrN2O3. The first-order valence-corrected chi connectivity index (χ1v) is 8.76. The van der Waals surface area contributed by atoms with Gasteiger partial charge in [-0.15, -0.1) is 0 Å². The molecule has 0 aliphatic heterocycles. The summed E-state index contributed by atoms with van der Waals surface area (Å²) in [5.74, 6) is 0.148. The highest BCUT2D eigenvalue weighted by Crippen LogP contribution is 2.22. The lowest BCUT2D eigenvalue weighted by atomic mass is 9.97. The topological polar surface area (TPSA) is 65.2 Å². The Balaban J connectivity index is 1.63. The van der Waals surface area contributed by atoms with Gasteiger partial charge in [0.05, 0.1) is 5.92 Å². The standard InChI is InChI=1S/C19H17BrN2O3/c1-2-16(13-6-4-3-5-7-13)19(23)24-12-17-21-18(22-25-17)14-8-10-15(20)11-9-14/h3-11,16H,2,12H2,1H3. The van der Waals surface area contributed by atoms with E-state index >= 15 is 0 Å². The molecule has 3 rings (SSSR count). The summed E-state index contributed by atoms with van der Waals surface area (Å²) in [5.41, 5.74) is 1.77. The molecule has 0 saturated heterocycles. The van der Waals surface area contributed by atoms with E-state index in [9.17, 15) is 4.79 Å². The Morgan fingerprint density at radius 1 is 1.16 bits per heavy atom. The van der Waals surface area contributed by atoms with Crippen molar-refractivity contribution >= 4 is 21.9 Å². The number of ether oxygens (including phenoxy) is 1. The summed E-state index contributed by atoms with van der Waals surface area (Å²) in [6, 6.07) is 17.2. The number of halogens is 1. The average Bonchev–Trinajstić information content (AvgIpc) is 3.11. The van der Waals surface area contributed by atoms with Gasteiger partial charge in [-0.05, 0) is 36.2 Å². The van der Waals surface area contributed by atoms with Crippen LogP contribution in [0, 0.1) is 0 Å². The van der Waals surface area contributed by atoms with Gasteiger partial charge in [-0.25, -0.2) is 0 Å². The fraction of sp³-hybridized carbons (Fsp3) is 0.211. The molecule has 0 amide bonds. The minimum atomic E-state index is -0.296. The van der Waals surface area contributed by atoms with Crippen molar-refractivity contribution in [3.05, 3.63) is 70.5 Å². The monoisotopic (exact) mass is 400 g/mol. The predicted octanol–water partition coefficient (Wildman–Crippen LogP) is 4.74. The van der Waals surface area contributed by atoms with Crippen molar-refractivity contribution in [1.29, 1.82) is 0 Å². The maximum atomic E-state index is 12.3. The zero-order valence-electron chi connectivity index (χ0n) is 13.7. The number of aromatic nitrogens is 2. The fourth-order valence-corrected chi connectivity index (χ4v) is 2.75. The molecular weight excluding hydrogens is 384 g/mol. The maximum absolute atomic E-state index is 12.3. The molecule has 1 unspecified atom stereocenters. The summed E-state index contributed by atoms with van der Waals surface area (Å²) < 4.78 is 11.5. The van der Waals surface area contributed by atoms with Crippen LogP contribution in [0.4, 0.5) is 0 Å². The highest BCUT2D eigenvalue weighted by Gasteiger charge is 2.21. The van der Waals surface area contributed by atoms with Crippen LogP contribution in [0.15, 0.2) is 63.6 Å². The summed E-state index contributed by atoms with van der Waals surface area (Å²) in [5, 5.41) is 3.92. The Hall–Kier alpha value is -2.47. The van der Waals surface area contributed by atoms with Gasteiger partial charge in [-0.2, -0.15) is 4.98 Å². The van der Waals surface area contributed by atoms with E-state index in [-0.39, 0.29) is 24.4 Å². The van der Waals surface area contributed by atoms with Crippen molar-refractivity contribution in [1.82, 2.24) is 10.1 Å². The fourth-order valence-electron chi connectivity index (χ4n) is 2.49. The molecule has 0 aliphatic carbocycles. The van der Waals surface area contributed by atoms with Crippen molar-refractivity contribution in [2.45, 2.75) is 25.9 Å². The van der Waals surface area contributed by atoms with Crippen molar-refractivity contribution in [2.24, 2.45) is 0 Å². The van der Waals surface area contributed by atoms with Crippen LogP contribution in [0.3, 0.4) is 0 Å². The second kappa shape index (κ2) is 8.07. The number of nitrogens with zero attached hydrogens (tertiary/aromatic N) is 2. The molecule has 0 radical (unpaired) electrons. The van der Waals surface area contributed by atoms with Crippen LogP contribution in [0.1, 0.15) is 30.7 Å². The molecule has 1 aromatic heterocycles. The van der Waals surface area contributed by atoms with Crippen LogP contribution in [-0.2, 0) is 16.1 Å². The van der Waals surface area contributed by atoms with Crippen LogP contribution in [0.2, 0.25) is 0 Å². The minimum Gasteiger partial charge on any atom is -0.455 e. The van der Waals surface area contributed by atoms with Gasteiger partial charge >= 0.3 is 5.97 Å². The lowest BCUT2D eigenvalue weighted by molar-refractivity contribution is -0.147. The van der Waals surface area contributed by atoms with E-state index < -0.39 is 0 Å². The molecule has 0 N–H and O–H groups in total. The highest BCUT2D eigenvalue weighted by molar-refractivity contribution is 9.10. The molecule has 5 nitrogen and oxygen atoms in total. The van der Waals surface area contributed by atoms with Gasteiger partial charge < -0.3 is 9.26 Å². The van der Waals surface area contributed by atoms with E-state index in [2.05, 4.69) is 26.1 Å². The van der Waals surface area contributed by atoms with Crippen molar-refractivity contribution in [3.8, 4) is 11.4 Å². The van der Waals surface area contributed by atoms with Gasteiger partial charge in [0, 0.05) is 10.0 Å². The molecule has 1 atom stereocenters. The van der Waals surface area contributed by atoms with Gasteiger partial charge in [0.25, 0.3) is 5.89 Å². The molecule has 128 valence electrons. The number of carbonyl (C=O) groups is 1. The van der Waals surface area contributed by atoms with Crippen LogP contribution in [-0.4, -0.2) is 16.1 Å². The molecule has 3 aromatic rings. The van der Waals surface area contributed by atoms with Crippen LogP contribution < -0.4 is 0 Å².